The molecule has 0 aliphatic heterocycles. The molecule has 2 aromatic carbocycles. The second-order valence-electron chi connectivity index (χ2n) is 5.04. The molecule has 2 rings (SSSR count). The molecular formula is C18H16FNO6. The van der Waals surface area contributed by atoms with Gasteiger partial charge < -0.3 is 19.5 Å². The minimum Gasteiger partial charge on any atom is -0.497 e. The van der Waals surface area contributed by atoms with Gasteiger partial charge in [0.1, 0.15) is 11.6 Å². The highest BCUT2D eigenvalue weighted by molar-refractivity contribution is 5.96. The second kappa shape index (κ2) is 8.61. The van der Waals surface area contributed by atoms with Gasteiger partial charge in [-0.15, -0.1) is 0 Å². The Morgan fingerprint density at radius 3 is 2.27 bits per heavy atom. The van der Waals surface area contributed by atoms with Crippen molar-refractivity contribution in [3.63, 3.8) is 0 Å². The Balaban J connectivity index is 1.90. The highest BCUT2D eigenvalue weighted by Gasteiger charge is 2.16. The van der Waals surface area contributed by atoms with E-state index in [9.17, 15) is 18.8 Å². The van der Waals surface area contributed by atoms with Crippen LogP contribution < -0.4 is 10.1 Å². The zero-order valence-electron chi connectivity index (χ0n) is 14.1. The number of amides is 1. The van der Waals surface area contributed by atoms with E-state index in [4.69, 9.17) is 9.47 Å². The summed E-state index contributed by atoms with van der Waals surface area (Å²) in [7, 11) is 2.63. The van der Waals surface area contributed by atoms with Gasteiger partial charge in [-0.05, 0) is 36.4 Å². The lowest BCUT2D eigenvalue weighted by Gasteiger charge is -2.08. The molecule has 0 saturated heterocycles. The molecule has 1 N–H and O–H groups in total. The van der Waals surface area contributed by atoms with E-state index in [0.29, 0.717) is 11.3 Å². The topological polar surface area (TPSA) is 90.9 Å². The third-order valence-electron chi connectivity index (χ3n) is 3.32. The van der Waals surface area contributed by atoms with E-state index in [0.717, 1.165) is 6.07 Å². The van der Waals surface area contributed by atoms with Crippen LogP contribution in [0.4, 0.5) is 10.1 Å². The van der Waals surface area contributed by atoms with Crippen LogP contribution in [0.2, 0.25) is 0 Å². The summed E-state index contributed by atoms with van der Waals surface area (Å²) in [5.41, 5.74) is 0.419. The van der Waals surface area contributed by atoms with Gasteiger partial charge in [0.15, 0.2) is 6.61 Å². The van der Waals surface area contributed by atoms with Gasteiger partial charge >= 0.3 is 11.9 Å². The van der Waals surface area contributed by atoms with Gasteiger partial charge in [-0.1, -0.05) is 0 Å². The largest absolute Gasteiger partial charge is 0.497 e. The number of carbonyl (C=O) groups is 3. The van der Waals surface area contributed by atoms with Crippen molar-refractivity contribution in [2.75, 3.05) is 26.1 Å². The number of benzene rings is 2. The maximum Gasteiger partial charge on any atom is 0.341 e. The fraction of sp³-hybridized carbons (Fsp3) is 0.167. The molecule has 7 nitrogen and oxygen atoms in total. The molecule has 0 atom stereocenters. The van der Waals surface area contributed by atoms with Crippen LogP contribution in [-0.4, -0.2) is 38.7 Å². The number of esters is 2. The van der Waals surface area contributed by atoms with E-state index in [-0.39, 0.29) is 11.3 Å². The molecule has 0 fully saturated rings. The average molecular weight is 361 g/mol. The molecule has 0 spiro atoms. The highest BCUT2D eigenvalue weighted by Crippen LogP contribution is 2.17. The maximum absolute atomic E-state index is 13.8. The van der Waals surface area contributed by atoms with Crippen LogP contribution in [-0.2, 0) is 14.3 Å². The van der Waals surface area contributed by atoms with Crippen molar-refractivity contribution in [1.29, 1.82) is 0 Å². The molecule has 0 aliphatic rings. The fourth-order valence-electron chi connectivity index (χ4n) is 2.00. The Hall–Kier alpha value is -3.42. The molecule has 2 aromatic rings. The minimum absolute atomic E-state index is 0.257. The number of halogens is 1. The summed E-state index contributed by atoms with van der Waals surface area (Å²) < 4.78 is 28.0. The van der Waals surface area contributed by atoms with E-state index in [1.54, 1.807) is 0 Å². The van der Waals surface area contributed by atoms with Gasteiger partial charge in [-0.3, -0.25) is 4.79 Å². The molecule has 0 saturated carbocycles. The first-order chi connectivity index (χ1) is 12.4. The van der Waals surface area contributed by atoms with Crippen molar-refractivity contribution < 1.29 is 33.0 Å². The summed E-state index contributed by atoms with van der Waals surface area (Å²) >= 11 is 0. The molecule has 0 aliphatic carbocycles. The lowest BCUT2D eigenvalue weighted by atomic mass is 10.2. The van der Waals surface area contributed by atoms with Crippen LogP contribution in [0.5, 0.6) is 5.75 Å². The van der Waals surface area contributed by atoms with E-state index in [2.05, 4.69) is 10.1 Å². The Labute approximate surface area is 148 Å². The Morgan fingerprint density at radius 1 is 1.00 bits per heavy atom. The number of hydrogen-bond acceptors (Lipinski definition) is 6. The van der Waals surface area contributed by atoms with Gasteiger partial charge in [-0.2, -0.15) is 0 Å². The summed E-state index contributed by atoms with van der Waals surface area (Å²) in [4.78, 5) is 35.0. The third kappa shape index (κ3) is 4.79. The number of ether oxygens (including phenoxy) is 3. The zero-order chi connectivity index (χ0) is 19.1. The zero-order valence-corrected chi connectivity index (χ0v) is 14.1. The molecule has 0 heterocycles. The van der Waals surface area contributed by atoms with E-state index in [1.165, 1.54) is 50.6 Å². The molecule has 8 heteroatoms. The van der Waals surface area contributed by atoms with E-state index < -0.39 is 30.3 Å². The summed E-state index contributed by atoms with van der Waals surface area (Å²) in [5, 5.41) is 2.48. The summed E-state index contributed by atoms with van der Waals surface area (Å²) in [6.45, 7) is -0.594. The molecule has 0 radical (unpaired) electrons. The highest BCUT2D eigenvalue weighted by atomic mass is 19.1. The van der Waals surface area contributed by atoms with Crippen LogP contribution in [0.25, 0.3) is 0 Å². The summed E-state index contributed by atoms with van der Waals surface area (Å²) in [5.74, 6) is -2.64. The van der Waals surface area contributed by atoms with E-state index >= 15 is 0 Å². The fourth-order valence-corrected chi connectivity index (χ4v) is 2.00. The van der Waals surface area contributed by atoms with Crippen molar-refractivity contribution in [2.24, 2.45) is 0 Å². The van der Waals surface area contributed by atoms with Crippen LogP contribution in [0, 0.1) is 5.82 Å². The predicted molar refractivity (Wildman–Crippen MR) is 89.6 cm³/mol. The summed E-state index contributed by atoms with van der Waals surface area (Å²) in [6, 6.07) is 9.59. The van der Waals surface area contributed by atoms with E-state index in [1.807, 2.05) is 0 Å². The lowest BCUT2D eigenvalue weighted by Crippen LogP contribution is -2.21. The Bertz CT molecular complexity index is 819. The van der Waals surface area contributed by atoms with Gasteiger partial charge in [0.25, 0.3) is 5.91 Å². The quantitative estimate of drug-likeness (QED) is 0.795. The summed E-state index contributed by atoms with van der Waals surface area (Å²) in [6.07, 6.45) is 0. The number of rotatable bonds is 6. The standard InChI is InChI=1S/C18H16FNO6/c1-24-13-7-8-14(15(19)9-13)18(23)26-10-16(21)20-12-5-3-11(4-6-12)17(22)25-2/h3-9H,10H2,1-2H3,(H,20,21). The molecule has 136 valence electrons. The molecular weight excluding hydrogens is 345 g/mol. The third-order valence-corrected chi connectivity index (χ3v) is 3.32. The van der Waals surface area contributed by atoms with Gasteiger partial charge in [0.2, 0.25) is 0 Å². The second-order valence-corrected chi connectivity index (χ2v) is 5.04. The van der Waals surface area contributed by atoms with Gasteiger partial charge in [0, 0.05) is 11.8 Å². The van der Waals surface area contributed by atoms with Crippen molar-refractivity contribution in [1.82, 2.24) is 0 Å². The van der Waals surface area contributed by atoms with Crippen molar-refractivity contribution in [3.05, 3.63) is 59.4 Å². The minimum atomic E-state index is -0.971. The van der Waals surface area contributed by atoms with Crippen molar-refractivity contribution in [2.45, 2.75) is 0 Å². The van der Waals surface area contributed by atoms with Crippen LogP contribution in [0.15, 0.2) is 42.5 Å². The molecule has 1 amide bonds. The van der Waals surface area contributed by atoms with Crippen molar-refractivity contribution >= 4 is 23.5 Å². The number of nitrogens with one attached hydrogen (secondary N) is 1. The molecule has 26 heavy (non-hydrogen) atoms. The number of hydrogen-bond donors (Lipinski definition) is 1. The van der Waals surface area contributed by atoms with Crippen LogP contribution >= 0.6 is 0 Å². The van der Waals surface area contributed by atoms with Crippen LogP contribution in [0.1, 0.15) is 20.7 Å². The smallest absolute Gasteiger partial charge is 0.341 e. The SMILES string of the molecule is COC(=O)c1ccc(NC(=O)COC(=O)c2ccc(OC)cc2F)cc1. The first kappa shape index (κ1) is 18.9. The number of methoxy groups -OCH3 is 2. The maximum atomic E-state index is 13.8. The van der Waals surface area contributed by atoms with Crippen LogP contribution in [0.3, 0.4) is 0 Å². The average Bonchev–Trinajstić information content (AvgIpc) is 2.65. The van der Waals surface area contributed by atoms with Gasteiger partial charge in [0.05, 0.1) is 25.3 Å². The normalized spacial score (nSPS) is 9.96. The lowest BCUT2D eigenvalue weighted by molar-refractivity contribution is -0.119. The monoisotopic (exact) mass is 361 g/mol. The Morgan fingerprint density at radius 2 is 1.69 bits per heavy atom. The molecule has 0 bridgehead atoms. The predicted octanol–water partition coefficient (Wildman–Crippen LogP) is 2.42. The van der Waals surface area contributed by atoms with Crippen molar-refractivity contribution in [3.8, 4) is 5.75 Å². The molecule has 0 unspecified atom stereocenters. The number of anilines is 1. The number of carbonyl (C=O) groups excluding carboxylic acids is 3. The van der Waals surface area contributed by atoms with Gasteiger partial charge in [-0.25, -0.2) is 14.0 Å². The first-order valence-electron chi connectivity index (χ1n) is 7.43. The first-order valence-corrected chi connectivity index (χ1v) is 7.43. The Kier molecular flexibility index (Phi) is 6.26. The molecule has 0 aromatic heterocycles.